The first-order valence-corrected chi connectivity index (χ1v) is 15.5. The molecule has 3 aromatic heterocycles. The van der Waals surface area contributed by atoms with E-state index in [9.17, 15) is 4.79 Å². The number of methoxy groups -OCH3 is 2. The molecule has 42 heavy (non-hydrogen) atoms. The van der Waals surface area contributed by atoms with E-state index in [1.165, 1.54) is 29.4 Å². The SMILES string of the molecule is COc1cc(C(=O)N2CCC[C@@H](N)C2)cn2nc(-c3cc4ccc(N5CCC(OC)CC5)cc4n3CC3CC3)c(C)c12. The molecule has 7 rings (SSSR count). The van der Waals surface area contributed by atoms with Crippen molar-refractivity contribution in [2.24, 2.45) is 11.7 Å². The normalized spacial score (nSPS) is 20.1. The molecule has 3 aliphatic rings. The third-order valence-corrected chi connectivity index (χ3v) is 9.55. The number of carbonyl (C=O) groups excluding carboxylic acids is 1. The molecule has 222 valence electrons. The quantitative estimate of drug-likeness (QED) is 0.341. The number of amides is 1. The molecule has 1 saturated carbocycles. The lowest BCUT2D eigenvalue weighted by Gasteiger charge is -2.33. The van der Waals surface area contributed by atoms with Gasteiger partial charge >= 0.3 is 0 Å². The lowest BCUT2D eigenvalue weighted by atomic mass is 10.1. The minimum Gasteiger partial charge on any atom is -0.494 e. The van der Waals surface area contributed by atoms with E-state index < -0.39 is 0 Å². The van der Waals surface area contributed by atoms with Gasteiger partial charge in [0.1, 0.15) is 17.0 Å². The molecule has 1 amide bonds. The van der Waals surface area contributed by atoms with Crippen LogP contribution in [0, 0.1) is 12.8 Å². The maximum absolute atomic E-state index is 13.5. The van der Waals surface area contributed by atoms with Crippen molar-refractivity contribution in [2.75, 3.05) is 45.3 Å². The number of hydrogen-bond acceptors (Lipinski definition) is 6. The van der Waals surface area contributed by atoms with Gasteiger partial charge in [-0.15, -0.1) is 0 Å². The van der Waals surface area contributed by atoms with Crippen molar-refractivity contribution in [3.05, 3.63) is 47.7 Å². The van der Waals surface area contributed by atoms with Crippen LogP contribution in [0.4, 0.5) is 5.69 Å². The molecule has 0 unspecified atom stereocenters. The van der Waals surface area contributed by atoms with Crippen LogP contribution in [-0.4, -0.2) is 77.5 Å². The van der Waals surface area contributed by atoms with Crippen LogP contribution in [0.15, 0.2) is 36.5 Å². The standard InChI is InChI=1S/C33H42N6O3/c1-21-31(35-39-19-24(16-30(42-3)32(21)39)33(40)37-12-4-5-25(34)20-37)29-15-23-8-9-26(36-13-10-27(41-2)11-14-36)17-28(23)38(29)18-22-6-7-22/h8-9,15-17,19,22,25,27H,4-7,10-14,18,20,34H2,1-3H3/t25-/m1/s1. The van der Waals surface area contributed by atoms with E-state index in [1.54, 1.807) is 7.11 Å². The number of piperidine rings is 2. The van der Waals surface area contributed by atoms with Gasteiger partial charge in [-0.3, -0.25) is 4.79 Å². The first-order valence-electron chi connectivity index (χ1n) is 15.5. The second-order valence-electron chi connectivity index (χ2n) is 12.5. The number of nitrogens with zero attached hydrogens (tertiary/aromatic N) is 5. The number of aryl methyl sites for hydroxylation is 1. The molecular formula is C33H42N6O3. The summed E-state index contributed by atoms with van der Waals surface area (Å²) in [6, 6.07) is 11.0. The van der Waals surface area contributed by atoms with E-state index in [-0.39, 0.29) is 11.9 Å². The van der Waals surface area contributed by atoms with Crippen molar-refractivity contribution >= 4 is 28.0 Å². The number of pyridine rings is 1. The molecule has 9 heteroatoms. The zero-order chi connectivity index (χ0) is 29.0. The Bertz CT molecular complexity index is 1630. The number of hydrogen-bond donors (Lipinski definition) is 1. The summed E-state index contributed by atoms with van der Waals surface area (Å²) >= 11 is 0. The highest BCUT2D eigenvalue weighted by Crippen LogP contribution is 2.39. The summed E-state index contributed by atoms with van der Waals surface area (Å²) in [4.78, 5) is 17.8. The Labute approximate surface area is 247 Å². The van der Waals surface area contributed by atoms with Gasteiger partial charge in [-0.05, 0) is 75.6 Å². The number of benzene rings is 1. The van der Waals surface area contributed by atoms with Crippen LogP contribution in [0.1, 0.15) is 54.4 Å². The molecule has 0 bridgehead atoms. The fourth-order valence-corrected chi connectivity index (χ4v) is 6.92. The van der Waals surface area contributed by atoms with Crippen LogP contribution in [-0.2, 0) is 11.3 Å². The zero-order valence-corrected chi connectivity index (χ0v) is 25.0. The van der Waals surface area contributed by atoms with Crippen molar-refractivity contribution in [1.29, 1.82) is 0 Å². The second-order valence-corrected chi connectivity index (χ2v) is 12.5. The number of rotatable bonds is 7. The minimum absolute atomic E-state index is 0.0232. The number of nitrogens with two attached hydrogens (primary N) is 1. The van der Waals surface area contributed by atoms with Gasteiger partial charge in [0.25, 0.3) is 5.91 Å². The van der Waals surface area contributed by atoms with Gasteiger partial charge in [-0.25, -0.2) is 4.52 Å². The van der Waals surface area contributed by atoms with Gasteiger partial charge < -0.3 is 29.6 Å². The summed E-state index contributed by atoms with van der Waals surface area (Å²) in [5.41, 5.74) is 13.3. The number of ether oxygens (including phenoxy) is 2. The molecule has 3 fully saturated rings. The van der Waals surface area contributed by atoms with Gasteiger partial charge in [0.05, 0.1) is 30.0 Å². The number of carbonyl (C=O) groups is 1. The van der Waals surface area contributed by atoms with Gasteiger partial charge in [0.2, 0.25) is 0 Å². The van der Waals surface area contributed by atoms with E-state index in [2.05, 4.69) is 40.7 Å². The maximum atomic E-state index is 13.5. The third-order valence-electron chi connectivity index (χ3n) is 9.55. The van der Waals surface area contributed by atoms with Crippen LogP contribution < -0.4 is 15.4 Å². The first kappa shape index (κ1) is 27.3. The Balaban J connectivity index is 1.29. The highest BCUT2D eigenvalue weighted by atomic mass is 16.5. The Morgan fingerprint density at radius 2 is 1.86 bits per heavy atom. The fraction of sp³-hybridized carbons (Fsp3) is 0.515. The summed E-state index contributed by atoms with van der Waals surface area (Å²) in [5.74, 6) is 1.34. The first-order chi connectivity index (χ1) is 20.4. The van der Waals surface area contributed by atoms with Crippen molar-refractivity contribution in [2.45, 2.75) is 64.1 Å². The number of aromatic nitrogens is 3. The molecule has 1 aliphatic carbocycles. The molecule has 4 aromatic rings. The van der Waals surface area contributed by atoms with Crippen molar-refractivity contribution < 1.29 is 14.3 Å². The molecule has 2 saturated heterocycles. The largest absolute Gasteiger partial charge is 0.494 e. The number of fused-ring (bicyclic) bond motifs is 2. The van der Waals surface area contributed by atoms with Gasteiger partial charge in [0, 0.05) is 68.7 Å². The van der Waals surface area contributed by atoms with Crippen LogP contribution in [0.2, 0.25) is 0 Å². The summed E-state index contributed by atoms with van der Waals surface area (Å²) in [6.45, 7) is 6.42. The molecule has 2 aliphatic heterocycles. The van der Waals surface area contributed by atoms with Crippen molar-refractivity contribution in [3.63, 3.8) is 0 Å². The lowest BCUT2D eigenvalue weighted by Crippen LogP contribution is -2.45. The highest BCUT2D eigenvalue weighted by Gasteiger charge is 2.28. The summed E-state index contributed by atoms with van der Waals surface area (Å²) in [7, 11) is 3.48. The van der Waals surface area contributed by atoms with Crippen LogP contribution in [0.3, 0.4) is 0 Å². The van der Waals surface area contributed by atoms with E-state index >= 15 is 0 Å². The Kier molecular flexibility index (Phi) is 7.10. The van der Waals surface area contributed by atoms with Gasteiger partial charge in [0.15, 0.2) is 0 Å². The highest BCUT2D eigenvalue weighted by molar-refractivity contribution is 5.96. The Morgan fingerprint density at radius 3 is 2.57 bits per heavy atom. The second kappa shape index (κ2) is 10.9. The average molecular weight is 571 g/mol. The molecule has 1 atom stereocenters. The predicted octanol–water partition coefficient (Wildman–Crippen LogP) is 4.86. The number of anilines is 1. The van der Waals surface area contributed by atoms with Crippen LogP contribution >= 0.6 is 0 Å². The van der Waals surface area contributed by atoms with Crippen LogP contribution in [0.5, 0.6) is 5.75 Å². The minimum atomic E-state index is -0.0232. The van der Waals surface area contributed by atoms with E-state index in [4.69, 9.17) is 20.3 Å². The third kappa shape index (κ3) is 4.92. The molecule has 0 spiro atoms. The molecule has 0 radical (unpaired) electrons. The van der Waals surface area contributed by atoms with Crippen molar-refractivity contribution in [3.8, 4) is 17.1 Å². The monoisotopic (exact) mass is 570 g/mol. The zero-order valence-electron chi connectivity index (χ0n) is 25.0. The summed E-state index contributed by atoms with van der Waals surface area (Å²) < 4.78 is 15.8. The number of likely N-dealkylation sites (tertiary alicyclic amines) is 1. The molecule has 1 aromatic carbocycles. The molecule has 2 N–H and O–H groups in total. The van der Waals surface area contributed by atoms with Gasteiger partial charge in [-0.2, -0.15) is 5.10 Å². The summed E-state index contributed by atoms with van der Waals surface area (Å²) in [5, 5.41) is 6.33. The topological polar surface area (TPSA) is 90.3 Å². The Morgan fingerprint density at radius 1 is 1.05 bits per heavy atom. The maximum Gasteiger partial charge on any atom is 0.255 e. The lowest BCUT2D eigenvalue weighted by molar-refractivity contribution is 0.0707. The molecule has 9 nitrogen and oxygen atoms in total. The van der Waals surface area contributed by atoms with E-state index in [0.29, 0.717) is 29.9 Å². The predicted molar refractivity (Wildman–Crippen MR) is 165 cm³/mol. The van der Waals surface area contributed by atoms with Crippen molar-refractivity contribution in [1.82, 2.24) is 19.1 Å². The smallest absolute Gasteiger partial charge is 0.255 e. The van der Waals surface area contributed by atoms with Crippen LogP contribution in [0.25, 0.3) is 27.8 Å². The molecule has 5 heterocycles. The van der Waals surface area contributed by atoms with Gasteiger partial charge in [-0.1, -0.05) is 6.07 Å². The van der Waals surface area contributed by atoms with E-state index in [0.717, 1.165) is 74.3 Å². The fourth-order valence-electron chi connectivity index (χ4n) is 6.92. The molecular weight excluding hydrogens is 528 g/mol. The average Bonchev–Trinajstić information content (AvgIpc) is 3.69. The summed E-state index contributed by atoms with van der Waals surface area (Å²) in [6.07, 6.45) is 8.75. The Hall–Kier alpha value is -3.56. The van der Waals surface area contributed by atoms with E-state index in [1.807, 2.05) is 28.8 Å².